The number of hydrogen-bond acceptors (Lipinski definition) is 4. The summed E-state index contributed by atoms with van der Waals surface area (Å²) in [6.45, 7) is 0. The van der Waals surface area contributed by atoms with Gasteiger partial charge in [0.05, 0.1) is 22.8 Å². The van der Waals surface area contributed by atoms with Crippen molar-refractivity contribution in [2.45, 2.75) is 6.04 Å². The number of thiazole rings is 1. The van der Waals surface area contributed by atoms with Gasteiger partial charge in [0.2, 0.25) is 0 Å². The Bertz CT molecular complexity index is 644. The number of rotatable bonds is 3. The number of aromatic nitrogens is 2. The van der Waals surface area contributed by atoms with Crippen LogP contribution in [0, 0.1) is 0 Å². The highest BCUT2D eigenvalue weighted by molar-refractivity contribution is 7.07. The second-order valence-corrected chi connectivity index (χ2v) is 4.77. The van der Waals surface area contributed by atoms with Crippen molar-refractivity contribution in [3.63, 3.8) is 0 Å². The number of nitrogens with zero attached hydrogens (tertiary/aromatic N) is 2. The van der Waals surface area contributed by atoms with Crippen LogP contribution < -0.4 is 5.32 Å². The maximum atomic E-state index is 4.41. The molecular weight excluding hydrogens is 242 g/mol. The van der Waals surface area contributed by atoms with Crippen molar-refractivity contribution in [1.29, 1.82) is 0 Å². The molecule has 0 fully saturated rings. The van der Waals surface area contributed by atoms with Crippen LogP contribution in [0.1, 0.15) is 17.3 Å². The zero-order valence-electron chi connectivity index (χ0n) is 10.00. The lowest BCUT2D eigenvalue weighted by molar-refractivity contribution is 0.680. The van der Waals surface area contributed by atoms with Crippen LogP contribution in [0.15, 0.2) is 47.4 Å². The van der Waals surface area contributed by atoms with Gasteiger partial charge in [-0.05, 0) is 24.7 Å². The molecule has 2 aromatic heterocycles. The van der Waals surface area contributed by atoms with Gasteiger partial charge < -0.3 is 5.32 Å². The minimum Gasteiger partial charge on any atom is -0.308 e. The van der Waals surface area contributed by atoms with Gasteiger partial charge in [0.15, 0.2) is 0 Å². The molecule has 3 nitrogen and oxygen atoms in total. The Balaban J connectivity index is 2.18. The average Bonchev–Trinajstić information content (AvgIpc) is 2.94. The molecule has 4 heteroatoms. The van der Waals surface area contributed by atoms with Crippen molar-refractivity contribution in [3.8, 4) is 0 Å². The Hall–Kier alpha value is -1.78. The number of pyridine rings is 1. The van der Waals surface area contributed by atoms with Crippen LogP contribution in [0.2, 0.25) is 0 Å². The van der Waals surface area contributed by atoms with Crippen LogP contribution in [0.3, 0.4) is 0 Å². The first-order valence-corrected chi connectivity index (χ1v) is 6.73. The molecule has 0 bridgehead atoms. The van der Waals surface area contributed by atoms with Gasteiger partial charge in [-0.3, -0.25) is 4.98 Å². The minimum atomic E-state index is 0.115. The van der Waals surface area contributed by atoms with E-state index in [4.69, 9.17) is 0 Å². The van der Waals surface area contributed by atoms with E-state index in [-0.39, 0.29) is 6.04 Å². The fraction of sp³-hybridized carbons (Fsp3) is 0.143. The lowest BCUT2D eigenvalue weighted by Gasteiger charge is -2.16. The monoisotopic (exact) mass is 255 g/mol. The quantitative estimate of drug-likeness (QED) is 0.781. The van der Waals surface area contributed by atoms with Gasteiger partial charge in [-0.15, -0.1) is 11.3 Å². The van der Waals surface area contributed by atoms with E-state index in [0.29, 0.717) is 0 Å². The van der Waals surface area contributed by atoms with Gasteiger partial charge in [-0.1, -0.05) is 18.2 Å². The topological polar surface area (TPSA) is 37.8 Å². The Labute approximate surface area is 110 Å². The largest absolute Gasteiger partial charge is 0.308 e. The van der Waals surface area contributed by atoms with Crippen molar-refractivity contribution in [1.82, 2.24) is 15.3 Å². The van der Waals surface area contributed by atoms with Crippen LogP contribution in [0.4, 0.5) is 0 Å². The molecule has 0 aliphatic rings. The summed E-state index contributed by atoms with van der Waals surface area (Å²) in [6, 6.07) is 10.4. The van der Waals surface area contributed by atoms with E-state index >= 15 is 0 Å². The van der Waals surface area contributed by atoms with Crippen molar-refractivity contribution in [2.75, 3.05) is 7.05 Å². The Morgan fingerprint density at radius 3 is 2.89 bits per heavy atom. The molecule has 0 aliphatic carbocycles. The molecule has 1 unspecified atom stereocenters. The lowest BCUT2D eigenvalue weighted by Crippen LogP contribution is -2.18. The minimum absolute atomic E-state index is 0.115. The van der Waals surface area contributed by atoms with E-state index in [9.17, 15) is 0 Å². The molecule has 0 saturated carbocycles. The summed E-state index contributed by atoms with van der Waals surface area (Å²) in [5.74, 6) is 0. The maximum Gasteiger partial charge on any atom is 0.0795 e. The maximum absolute atomic E-state index is 4.41. The summed E-state index contributed by atoms with van der Waals surface area (Å²) >= 11 is 1.62. The molecule has 3 aromatic rings. The van der Waals surface area contributed by atoms with Crippen LogP contribution in [0.25, 0.3) is 10.9 Å². The first kappa shape index (κ1) is 11.3. The summed E-state index contributed by atoms with van der Waals surface area (Å²) in [7, 11) is 1.96. The van der Waals surface area contributed by atoms with Gasteiger partial charge in [0.1, 0.15) is 0 Å². The molecule has 2 heterocycles. The van der Waals surface area contributed by atoms with Gasteiger partial charge in [0.25, 0.3) is 0 Å². The van der Waals surface area contributed by atoms with E-state index in [1.807, 2.05) is 37.0 Å². The highest BCUT2D eigenvalue weighted by atomic mass is 32.1. The predicted molar refractivity (Wildman–Crippen MR) is 74.8 cm³/mol. The molecule has 0 radical (unpaired) electrons. The SMILES string of the molecule is CNC(c1cscn1)c1cccc2ncccc12. The molecule has 1 aromatic carbocycles. The summed E-state index contributed by atoms with van der Waals surface area (Å²) in [4.78, 5) is 8.80. The van der Waals surface area contributed by atoms with E-state index in [1.165, 1.54) is 10.9 Å². The van der Waals surface area contributed by atoms with Crippen molar-refractivity contribution in [3.05, 3.63) is 58.7 Å². The van der Waals surface area contributed by atoms with Crippen molar-refractivity contribution < 1.29 is 0 Å². The fourth-order valence-corrected chi connectivity index (χ4v) is 2.79. The molecule has 0 spiro atoms. The molecular formula is C14H13N3S. The summed E-state index contributed by atoms with van der Waals surface area (Å²) in [5.41, 5.74) is 5.15. The van der Waals surface area contributed by atoms with Crippen LogP contribution in [-0.4, -0.2) is 17.0 Å². The lowest BCUT2D eigenvalue weighted by atomic mass is 9.99. The molecule has 1 atom stereocenters. The predicted octanol–water partition coefficient (Wildman–Crippen LogP) is 3.00. The van der Waals surface area contributed by atoms with E-state index < -0.39 is 0 Å². The van der Waals surface area contributed by atoms with Gasteiger partial charge >= 0.3 is 0 Å². The highest BCUT2D eigenvalue weighted by Crippen LogP contribution is 2.27. The second kappa shape index (κ2) is 4.84. The molecule has 0 saturated heterocycles. The number of nitrogens with one attached hydrogen (secondary N) is 1. The normalized spacial score (nSPS) is 12.7. The zero-order valence-corrected chi connectivity index (χ0v) is 10.8. The third-order valence-electron chi connectivity index (χ3n) is 3.03. The van der Waals surface area contributed by atoms with Crippen LogP contribution in [-0.2, 0) is 0 Å². The fourth-order valence-electron chi connectivity index (χ4n) is 2.21. The van der Waals surface area contributed by atoms with Gasteiger partial charge in [-0.2, -0.15) is 0 Å². The van der Waals surface area contributed by atoms with Crippen molar-refractivity contribution in [2.24, 2.45) is 0 Å². The first-order chi connectivity index (χ1) is 8.90. The van der Waals surface area contributed by atoms with E-state index in [1.54, 1.807) is 11.3 Å². The number of fused-ring (bicyclic) bond motifs is 1. The number of benzene rings is 1. The summed E-state index contributed by atoms with van der Waals surface area (Å²) < 4.78 is 0. The molecule has 90 valence electrons. The van der Waals surface area contributed by atoms with Gasteiger partial charge in [-0.25, -0.2) is 4.98 Å². The highest BCUT2D eigenvalue weighted by Gasteiger charge is 2.16. The van der Waals surface area contributed by atoms with E-state index in [2.05, 4.69) is 32.8 Å². The van der Waals surface area contributed by atoms with E-state index in [0.717, 1.165) is 11.2 Å². The summed E-state index contributed by atoms with van der Waals surface area (Å²) in [6.07, 6.45) is 1.82. The Morgan fingerprint density at radius 2 is 2.11 bits per heavy atom. The van der Waals surface area contributed by atoms with Crippen molar-refractivity contribution >= 4 is 22.2 Å². The zero-order chi connectivity index (χ0) is 12.4. The number of hydrogen-bond donors (Lipinski definition) is 1. The summed E-state index contributed by atoms with van der Waals surface area (Å²) in [5, 5.41) is 6.58. The molecule has 3 rings (SSSR count). The van der Waals surface area contributed by atoms with Gasteiger partial charge in [0, 0.05) is 17.0 Å². The molecule has 0 aliphatic heterocycles. The molecule has 18 heavy (non-hydrogen) atoms. The van der Waals surface area contributed by atoms with Crippen LogP contribution >= 0.6 is 11.3 Å². The second-order valence-electron chi connectivity index (χ2n) is 4.05. The smallest absolute Gasteiger partial charge is 0.0795 e. The van der Waals surface area contributed by atoms with Crippen LogP contribution in [0.5, 0.6) is 0 Å². The Morgan fingerprint density at radius 1 is 1.17 bits per heavy atom. The first-order valence-electron chi connectivity index (χ1n) is 5.79. The average molecular weight is 255 g/mol. The molecule has 1 N–H and O–H groups in total. The third kappa shape index (κ3) is 1.89. The third-order valence-corrected chi connectivity index (χ3v) is 3.63. The Kier molecular flexibility index (Phi) is 3.04. The molecule has 0 amide bonds. The standard InChI is InChI=1S/C14H13N3S/c1-15-14(13-8-18-9-17-13)11-4-2-6-12-10(11)5-3-7-16-12/h2-9,14-15H,1H3.